The number of ether oxygens (including phenoxy) is 1. The maximum Gasteiger partial charge on any atom is 0.355 e. The molecule has 1 amide bonds. The predicted octanol–water partition coefficient (Wildman–Crippen LogP) is 2.43. The third-order valence-electron chi connectivity index (χ3n) is 6.50. The lowest BCUT2D eigenvalue weighted by Crippen LogP contribution is -2.63. The summed E-state index contributed by atoms with van der Waals surface area (Å²) in [6, 6.07) is 5.23. The maximum atomic E-state index is 13.3. The molecule has 2 aliphatic rings. The van der Waals surface area contributed by atoms with E-state index >= 15 is 0 Å². The topological polar surface area (TPSA) is 144 Å². The number of amides is 1. The Hall–Kier alpha value is -3.90. The number of nitro benzene ring substituents is 1. The van der Waals surface area contributed by atoms with Crippen molar-refractivity contribution in [2.45, 2.75) is 32.6 Å². The molecule has 2 aromatic heterocycles. The van der Waals surface area contributed by atoms with Gasteiger partial charge >= 0.3 is 5.97 Å². The minimum Gasteiger partial charge on any atom is -0.456 e. The summed E-state index contributed by atoms with van der Waals surface area (Å²) in [5, 5.41) is 21.0. The minimum absolute atomic E-state index is 0.0776. The zero-order chi connectivity index (χ0) is 25.0. The molecule has 3 aromatic rings. The number of rotatable bonds is 7. The van der Waals surface area contributed by atoms with Crippen LogP contribution in [0.5, 0.6) is 0 Å². The van der Waals surface area contributed by atoms with Gasteiger partial charge in [-0.05, 0) is 24.6 Å². The molecular formula is C23H20N4O7S. The Morgan fingerprint density at radius 1 is 1.37 bits per heavy atom. The van der Waals surface area contributed by atoms with Crippen LogP contribution in [0.1, 0.15) is 34.8 Å². The normalized spacial score (nSPS) is 22.2. The Kier molecular flexibility index (Phi) is 5.49. The van der Waals surface area contributed by atoms with Crippen molar-refractivity contribution in [2.75, 3.05) is 0 Å². The second-order valence-electron chi connectivity index (χ2n) is 8.57. The van der Waals surface area contributed by atoms with Crippen molar-refractivity contribution in [3.05, 3.63) is 68.7 Å². The van der Waals surface area contributed by atoms with Gasteiger partial charge in [-0.1, -0.05) is 6.92 Å². The number of imidazole rings is 1. The third kappa shape index (κ3) is 3.53. The first-order chi connectivity index (χ1) is 16.7. The first kappa shape index (κ1) is 22.9. The number of aromatic nitrogens is 2. The molecule has 2 aliphatic heterocycles. The molecule has 4 heterocycles. The second-order valence-corrected chi connectivity index (χ2v) is 9.60. The summed E-state index contributed by atoms with van der Waals surface area (Å²) in [5.74, 6) is -1.98. The highest BCUT2D eigenvalue weighted by Crippen LogP contribution is 2.51. The summed E-state index contributed by atoms with van der Waals surface area (Å²) in [5.41, 5.74) is 1.46. The summed E-state index contributed by atoms with van der Waals surface area (Å²) < 4.78 is 7.20. The highest BCUT2D eigenvalue weighted by molar-refractivity contribution is 7.18. The number of esters is 1. The number of carbonyl (C=O) groups is 3. The van der Waals surface area contributed by atoms with E-state index in [0.717, 1.165) is 0 Å². The van der Waals surface area contributed by atoms with Crippen molar-refractivity contribution in [2.24, 2.45) is 11.8 Å². The fourth-order valence-electron chi connectivity index (χ4n) is 4.84. The monoisotopic (exact) mass is 496 g/mol. The zero-order valence-electron chi connectivity index (χ0n) is 18.7. The van der Waals surface area contributed by atoms with Crippen LogP contribution in [0.15, 0.2) is 42.5 Å². The average Bonchev–Trinajstić information content (AvgIpc) is 3.47. The molecule has 180 valence electrons. The van der Waals surface area contributed by atoms with Crippen LogP contribution in [0.3, 0.4) is 0 Å². The average molecular weight is 497 g/mol. The van der Waals surface area contributed by atoms with Gasteiger partial charge < -0.3 is 14.7 Å². The van der Waals surface area contributed by atoms with E-state index < -0.39 is 29.0 Å². The Bertz CT molecular complexity index is 1400. The summed E-state index contributed by atoms with van der Waals surface area (Å²) in [4.78, 5) is 54.6. The summed E-state index contributed by atoms with van der Waals surface area (Å²) in [6.45, 7) is 3.30. The largest absolute Gasteiger partial charge is 0.456 e. The number of aliphatic hydroxyl groups is 1. The van der Waals surface area contributed by atoms with E-state index in [1.54, 1.807) is 17.5 Å². The van der Waals surface area contributed by atoms with Gasteiger partial charge in [0, 0.05) is 29.8 Å². The number of hydrogen-bond acceptors (Lipinski definition) is 9. The summed E-state index contributed by atoms with van der Waals surface area (Å²) in [7, 11) is 0. The molecular weight excluding hydrogens is 476 g/mol. The lowest BCUT2D eigenvalue weighted by atomic mass is 9.77. The lowest BCUT2D eigenvalue weighted by molar-refractivity contribution is -0.384. The number of nitrogens with zero attached hydrogens (tertiary/aromatic N) is 4. The van der Waals surface area contributed by atoms with Crippen LogP contribution < -0.4 is 0 Å². The number of carbonyl (C=O) groups excluding carboxylic acids is 3. The molecule has 0 radical (unpaired) electrons. The van der Waals surface area contributed by atoms with Gasteiger partial charge in [-0.2, -0.15) is 0 Å². The number of nitro groups is 1. The smallest absolute Gasteiger partial charge is 0.355 e. The van der Waals surface area contributed by atoms with Gasteiger partial charge in [0.05, 0.1) is 27.9 Å². The van der Waals surface area contributed by atoms with Gasteiger partial charge in [0.25, 0.3) is 5.69 Å². The van der Waals surface area contributed by atoms with Gasteiger partial charge in [-0.3, -0.25) is 24.1 Å². The molecule has 0 aliphatic carbocycles. The number of β-lactam (4-membered cyclic amide) rings is 1. The number of aliphatic hydroxyl groups excluding tert-OH is 1. The van der Waals surface area contributed by atoms with Crippen LogP contribution >= 0.6 is 11.3 Å². The molecule has 1 aromatic carbocycles. The van der Waals surface area contributed by atoms with Crippen LogP contribution in [-0.2, 0) is 20.9 Å². The van der Waals surface area contributed by atoms with Crippen LogP contribution in [0, 0.1) is 22.0 Å². The van der Waals surface area contributed by atoms with E-state index in [4.69, 9.17) is 4.74 Å². The van der Waals surface area contributed by atoms with E-state index in [9.17, 15) is 29.6 Å². The van der Waals surface area contributed by atoms with Crippen molar-refractivity contribution in [3.8, 4) is 0 Å². The molecule has 1 saturated heterocycles. The molecule has 0 spiro atoms. The Morgan fingerprint density at radius 3 is 2.71 bits per heavy atom. The van der Waals surface area contributed by atoms with Gasteiger partial charge in [0.15, 0.2) is 6.29 Å². The first-order valence-electron chi connectivity index (χ1n) is 10.8. The van der Waals surface area contributed by atoms with Crippen molar-refractivity contribution in [3.63, 3.8) is 0 Å². The molecule has 35 heavy (non-hydrogen) atoms. The van der Waals surface area contributed by atoms with Crippen LogP contribution in [0.4, 0.5) is 5.69 Å². The number of non-ortho nitro benzene ring substituents is 1. The van der Waals surface area contributed by atoms with E-state index in [1.807, 2.05) is 6.92 Å². The van der Waals surface area contributed by atoms with Crippen LogP contribution in [0.2, 0.25) is 0 Å². The van der Waals surface area contributed by atoms with E-state index in [0.29, 0.717) is 27.1 Å². The lowest BCUT2D eigenvalue weighted by Gasteiger charge is -2.46. The molecule has 0 unspecified atom stereocenters. The molecule has 1 fully saturated rings. The number of benzene rings is 1. The highest BCUT2D eigenvalue weighted by atomic mass is 32.1. The van der Waals surface area contributed by atoms with Gasteiger partial charge in [-0.25, -0.2) is 9.78 Å². The number of thiazole rings is 1. The molecule has 11 nitrogen and oxygen atoms in total. The fourth-order valence-corrected chi connectivity index (χ4v) is 6.02. The third-order valence-corrected chi connectivity index (χ3v) is 7.66. The van der Waals surface area contributed by atoms with Crippen molar-refractivity contribution < 1.29 is 29.2 Å². The zero-order valence-corrected chi connectivity index (χ0v) is 19.5. The minimum atomic E-state index is -0.882. The molecule has 0 bridgehead atoms. The van der Waals surface area contributed by atoms with Crippen molar-refractivity contribution in [1.82, 2.24) is 14.3 Å². The summed E-state index contributed by atoms with van der Waals surface area (Å²) in [6.07, 6.45) is 3.03. The predicted molar refractivity (Wildman–Crippen MR) is 123 cm³/mol. The molecule has 5 rings (SSSR count). The molecule has 4 atom stereocenters. The Labute approximate surface area is 202 Å². The second kappa shape index (κ2) is 8.40. The van der Waals surface area contributed by atoms with E-state index in [2.05, 4.69) is 4.98 Å². The van der Waals surface area contributed by atoms with Crippen molar-refractivity contribution in [1.29, 1.82) is 0 Å². The number of aldehydes is 1. The number of hydrogen-bond donors (Lipinski definition) is 1. The quantitative estimate of drug-likeness (QED) is 0.173. The molecule has 0 saturated carbocycles. The van der Waals surface area contributed by atoms with Crippen LogP contribution in [0.25, 0.3) is 10.4 Å². The molecule has 12 heteroatoms. The van der Waals surface area contributed by atoms with Gasteiger partial charge in [-0.15, -0.1) is 11.3 Å². The van der Waals surface area contributed by atoms with Gasteiger partial charge in [0.2, 0.25) is 5.91 Å². The highest BCUT2D eigenvalue weighted by Gasteiger charge is 2.60. The maximum absolute atomic E-state index is 13.3. The van der Waals surface area contributed by atoms with E-state index in [1.165, 1.54) is 46.8 Å². The summed E-state index contributed by atoms with van der Waals surface area (Å²) >= 11 is 1.28. The molecule has 1 N–H and O–H groups in total. The standard InChI is InChI=1S/C23H20N4O7S/c1-11-17(16-7-25-10-24-15(8-28)22(25)35-16)20(26-19(11)18(12(2)29)21(26)30)23(31)34-9-13-3-5-14(6-4-13)27(32)33/h3-8,10-12,18-19,29H,9H2,1-2H3/t11-,12+,18+,19+/m0/s1. The first-order valence-corrected chi connectivity index (χ1v) is 11.6. The van der Waals surface area contributed by atoms with E-state index in [-0.39, 0.29) is 35.5 Å². The Balaban J connectivity index is 1.50. The SMILES string of the molecule is C[C@@H](O)[C@H]1C(=O)N2C(C(=O)OCc3ccc([N+](=O)[O-])cc3)=C(c3cn4cnc(C=O)c4s3)[C@H](C)[C@H]12. The Morgan fingerprint density at radius 2 is 2.09 bits per heavy atom. The van der Waals surface area contributed by atoms with Crippen molar-refractivity contribution >= 4 is 45.6 Å². The van der Waals surface area contributed by atoms with Gasteiger partial charge in [0.1, 0.15) is 29.2 Å². The number of fused-ring (bicyclic) bond motifs is 2. The fraction of sp³-hybridized carbons (Fsp3) is 0.304. The van der Waals surface area contributed by atoms with Crippen LogP contribution in [-0.4, -0.2) is 54.6 Å².